The Kier molecular flexibility index (Phi) is 6.43. The molecule has 0 aromatic heterocycles. The first-order valence-electron chi connectivity index (χ1n) is 12.0. The third-order valence-electron chi connectivity index (χ3n) is 6.56. The van der Waals surface area contributed by atoms with Crippen LogP contribution in [0.1, 0.15) is 30.4 Å². The van der Waals surface area contributed by atoms with Crippen LogP contribution in [0.2, 0.25) is 0 Å². The molecule has 3 aromatic rings. The molecule has 0 spiro atoms. The molecule has 172 valence electrons. The average molecular weight is 452 g/mol. The van der Waals surface area contributed by atoms with E-state index >= 15 is 0 Å². The van der Waals surface area contributed by atoms with Crippen LogP contribution in [-0.4, -0.2) is 36.3 Å². The SMILES string of the molecule is O=C1C(Nc2ccc(N3CCCCC3)cc2)=C(c2ccccc2)C(=O)N1CCc1ccccc1. The third-order valence-corrected chi connectivity index (χ3v) is 6.56. The normalized spacial score (nSPS) is 16.4. The van der Waals surface area contributed by atoms with Gasteiger partial charge in [0.05, 0.1) is 5.57 Å². The van der Waals surface area contributed by atoms with Gasteiger partial charge < -0.3 is 10.2 Å². The van der Waals surface area contributed by atoms with Crippen LogP contribution in [0.3, 0.4) is 0 Å². The number of piperidine rings is 1. The molecule has 0 bridgehead atoms. The van der Waals surface area contributed by atoms with Crippen molar-refractivity contribution in [3.63, 3.8) is 0 Å². The van der Waals surface area contributed by atoms with Gasteiger partial charge >= 0.3 is 0 Å². The Morgan fingerprint density at radius 2 is 1.35 bits per heavy atom. The number of nitrogens with one attached hydrogen (secondary N) is 1. The predicted molar refractivity (Wildman–Crippen MR) is 136 cm³/mol. The fourth-order valence-electron chi connectivity index (χ4n) is 4.71. The fourth-order valence-corrected chi connectivity index (χ4v) is 4.71. The lowest BCUT2D eigenvalue weighted by atomic mass is 10.0. The first-order chi connectivity index (χ1) is 16.7. The highest BCUT2D eigenvalue weighted by atomic mass is 16.2. The topological polar surface area (TPSA) is 52.7 Å². The van der Waals surface area contributed by atoms with Gasteiger partial charge in [-0.3, -0.25) is 14.5 Å². The van der Waals surface area contributed by atoms with Crippen LogP contribution in [0, 0.1) is 0 Å². The number of benzene rings is 3. The number of imide groups is 1. The van der Waals surface area contributed by atoms with E-state index in [0.717, 1.165) is 29.9 Å². The maximum atomic E-state index is 13.4. The second kappa shape index (κ2) is 9.96. The van der Waals surface area contributed by atoms with Gasteiger partial charge in [0.1, 0.15) is 5.70 Å². The Hall–Kier alpha value is -3.86. The molecule has 2 aliphatic rings. The molecular formula is C29H29N3O2. The molecule has 0 atom stereocenters. The number of hydrogen-bond acceptors (Lipinski definition) is 4. The van der Waals surface area contributed by atoms with Crippen molar-refractivity contribution in [3.8, 4) is 0 Å². The summed E-state index contributed by atoms with van der Waals surface area (Å²) in [7, 11) is 0. The summed E-state index contributed by atoms with van der Waals surface area (Å²) in [5.41, 5.74) is 4.61. The maximum absolute atomic E-state index is 13.4. The lowest BCUT2D eigenvalue weighted by Gasteiger charge is -2.28. The van der Waals surface area contributed by atoms with Crippen molar-refractivity contribution in [2.45, 2.75) is 25.7 Å². The van der Waals surface area contributed by atoms with E-state index in [0.29, 0.717) is 24.2 Å². The van der Waals surface area contributed by atoms with Crippen molar-refractivity contribution in [2.75, 3.05) is 29.9 Å². The highest BCUT2D eigenvalue weighted by Crippen LogP contribution is 2.31. The van der Waals surface area contributed by atoms with Crippen molar-refractivity contribution in [2.24, 2.45) is 0 Å². The Balaban J connectivity index is 1.39. The molecular weight excluding hydrogens is 422 g/mol. The number of hydrogen-bond donors (Lipinski definition) is 1. The molecule has 1 fully saturated rings. The van der Waals surface area contributed by atoms with E-state index in [2.05, 4.69) is 22.3 Å². The Morgan fingerprint density at radius 1 is 0.706 bits per heavy atom. The first-order valence-corrected chi connectivity index (χ1v) is 12.0. The zero-order valence-corrected chi connectivity index (χ0v) is 19.2. The molecule has 34 heavy (non-hydrogen) atoms. The van der Waals surface area contributed by atoms with Crippen molar-refractivity contribution in [1.29, 1.82) is 0 Å². The maximum Gasteiger partial charge on any atom is 0.278 e. The molecule has 1 saturated heterocycles. The average Bonchev–Trinajstić information content (AvgIpc) is 3.13. The number of anilines is 2. The van der Waals surface area contributed by atoms with E-state index in [1.807, 2.05) is 72.8 Å². The standard InChI is InChI=1S/C29H29N3O2/c33-28-26(23-12-6-2-7-13-23)27(29(34)32(28)21-18-22-10-4-1-5-11-22)30-24-14-16-25(17-15-24)31-19-8-3-9-20-31/h1-2,4-7,10-17,30H,3,8-9,18-21H2. The Morgan fingerprint density at radius 3 is 2.03 bits per heavy atom. The van der Waals surface area contributed by atoms with E-state index < -0.39 is 0 Å². The molecule has 5 rings (SSSR count). The molecule has 5 heteroatoms. The smallest absolute Gasteiger partial charge is 0.278 e. The van der Waals surface area contributed by atoms with Gasteiger partial charge in [-0.1, -0.05) is 60.7 Å². The molecule has 3 aromatic carbocycles. The summed E-state index contributed by atoms with van der Waals surface area (Å²) in [4.78, 5) is 30.6. The minimum absolute atomic E-state index is 0.250. The van der Waals surface area contributed by atoms with Crippen LogP contribution in [0.15, 0.2) is 90.6 Å². The van der Waals surface area contributed by atoms with Crippen LogP contribution in [0.4, 0.5) is 11.4 Å². The van der Waals surface area contributed by atoms with Crippen LogP contribution >= 0.6 is 0 Å². The molecule has 0 aliphatic carbocycles. The van der Waals surface area contributed by atoms with Crippen molar-refractivity contribution in [3.05, 3.63) is 102 Å². The van der Waals surface area contributed by atoms with Crippen LogP contribution in [-0.2, 0) is 16.0 Å². The Labute approximate surface area is 200 Å². The molecule has 2 heterocycles. The van der Waals surface area contributed by atoms with Gasteiger partial charge in [-0.2, -0.15) is 0 Å². The molecule has 0 radical (unpaired) electrons. The highest BCUT2D eigenvalue weighted by molar-refractivity contribution is 6.36. The Bertz CT molecular complexity index is 1180. The van der Waals surface area contributed by atoms with Gasteiger partial charge in [-0.05, 0) is 61.1 Å². The summed E-state index contributed by atoms with van der Waals surface area (Å²) in [6, 6.07) is 27.5. The summed E-state index contributed by atoms with van der Waals surface area (Å²) < 4.78 is 0. The minimum Gasteiger partial charge on any atom is -0.372 e. The van der Waals surface area contributed by atoms with E-state index in [-0.39, 0.29) is 11.8 Å². The van der Waals surface area contributed by atoms with Crippen molar-refractivity contribution in [1.82, 2.24) is 4.90 Å². The van der Waals surface area contributed by atoms with Gasteiger partial charge in [-0.25, -0.2) is 0 Å². The van der Waals surface area contributed by atoms with E-state index in [1.165, 1.54) is 29.8 Å². The zero-order valence-electron chi connectivity index (χ0n) is 19.2. The van der Waals surface area contributed by atoms with Crippen molar-refractivity contribution >= 4 is 28.8 Å². The zero-order chi connectivity index (χ0) is 23.3. The number of carbonyl (C=O) groups is 2. The molecule has 1 N–H and O–H groups in total. The number of amides is 2. The molecule has 0 saturated carbocycles. The largest absolute Gasteiger partial charge is 0.372 e. The third kappa shape index (κ3) is 4.60. The first kappa shape index (κ1) is 22.0. The van der Waals surface area contributed by atoms with Crippen LogP contribution in [0.25, 0.3) is 5.57 Å². The quantitative estimate of drug-likeness (QED) is 0.507. The van der Waals surface area contributed by atoms with E-state index in [9.17, 15) is 9.59 Å². The number of rotatable bonds is 7. The second-order valence-corrected chi connectivity index (χ2v) is 8.83. The molecule has 5 nitrogen and oxygen atoms in total. The number of nitrogens with zero attached hydrogens (tertiary/aromatic N) is 2. The summed E-state index contributed by atoms with van der Waals surface area (Å²) in [6.07, 6.45) is 4.37. The monoisotopic (exact) mass is 451 g/mol. The molecule has 2 aliphatic heterocycles. The number of carbonyl (C=O) groups excluding carboxylic acids is 2. The fraction of sp³-hybridized carbons (Fsp3) is 0.241. The summed E-state index contributed by atoms with van der Waals surface area (Å²) in [5.74, 6) is -0.528. The summed E-state index contributed by atoms with van der Waals surface area (Å²) >= 11 is 0. The molecule has 2 amide bonds. The lowest BCUT2D eigenvalue weighted by Crippen LogP contribution is -2.34. The summed E-state index contributed by atoms with van der Waals surface area (Å²) in [5, 5.41) is 3.28. The van der Waals surface area contributed by atoms with Gasteiger partial charge in [-0.15, -0.1) is 0 Å². The molecule has 0 unspecified atom stereocenters. The van der Waals surface area contributed by atoms with Crippen LogP contribution in [0.5, 0.6) is 0 Å². The second-order valence-electron chi connectivity index (χ2n) is 8.83. The van der Waals surface area contributed by atoms with Gasteiger partial charge in [0.15, 0.2) is 0 Å². The predicted octanol–water partition coefficient (Wildman–Crippen LogP) is 5.11. The van der Waals surface area contributed by atoms with E-state index in [4.69, 9.17) is 0 Å². The van der Waals surface area contributed by atoms with Gasteiger partial charge in [0, 0.05) is 31.0 Å². The lowest BCUT2D eigenvalue weighted by molar-refractivity contribution is -0.136. The van der Waals surface area contributed by atoms with E-state index in [1.54, 1.807) is 0 Å². The van der Waals surface area contributed by atoms with Gasteiger partial charge in [0.25, 0.3) is 11.8 Å². The van der Waals surface area contributed by atoms with Crippen LogP contribution < -0.4 is 10.2 Å². The minimum atomic E-state index is -0.278. The van der Waals surface area contributed by atoms with Gasteiger partial charge in [0.2, 0.25) is 0 Å². The van der Waals surface area contributed by atoms with Crippen molar-refractivity contribution < 1.29 is 9.59 Å². The highest BCUT2D eigenvalue weighted by Gasteiger charge is 2.38. The summed E-state index contributed by atoms with van der Waals surface area (Å²) in [6.45, 7) is 2.51.